The molecule has 0 aromatic heterocycles. The Hall–Kier alpha value is -3.45. The molecule has 0 bridgehead atoms. The van der Waals surface area contributed by atoms with E-state index in [9.17, 15) is 8.42 Å². The summed E-state index contributed by atoms with van der Waals surface area (Å²) in [6, 6.07) is 14.5. The summed E-state index contributed by atoms with van der Waals surface area (Å²) in [4.78, 5) is 0. The highest BCUT2D eigenvalue weighted by Gasteiger charge is 2.35. The molecule has 4 atom stereocenters. The normalized spacial score (nSPS) is 25.1. The fraction of sp³-hybridized carbons (Fsp3) is 0.333. The van der Waals surface area contributed by atoms with E-state index in [2.05, 4.69) is 0 Å². The van der Waals surface area contributed by atoms with E-state index in [4.69, 9.17) is 20.9 Å². The van der Waals surface area contributed by atoms with Crippen LogP contribution in [0.4, 0.5) is 11.4 Å². The minimum atomic E-state index is -3.49. The molecular weight excluding hydrogens is 484 g/mol. The minimum absolute atomic E-state index is 0.557. The largest absolute Gasteiger partial charge is 0.483 e. The molecule has 4 rings (SSSR count). The van der Waals surface area contributed by atoms with Crippen LogP contribution in [0.2, 0.25) is 0 Å². The average Bonchev–Trinajstić information content (AvgIpc) is 2.87. The average molecular weight is 521 g/mol. The Labute approximate surface area is 220 Å². The van der Waals surface area contributed by atoms with E-state index < -0.39 is 31.5 Å². The van der Waals surface area contributed by atoms with E-state index in [1.54, 1.807) is 38.1 Å². The zero-order valence-corrected chi connectivity index (χ0v) is 22.7. The summed E-state index contributed by atoms with van der Waals surface area (Å²) in [5.41, 5.74) is 13.3. The van der Waals surface area contributed by atoms with Crippen LogP contribution in [0.25, 0.3) is 0 Å². The first-order chi connectivity index (χ1) is 17.4. The third kappa shape index (κ3) is 6.10. The number of sulfone groups is 1. The monoisotopic (exact) mass is 520 g/mol. The van der Waals surface area contributed by atoms with Gasteiger partial charge >= 0.3 is 0 Å². The lowest BCUT2D eigenvalue weighted by Gasteiger charge is -2.32. The van der Waals surface area contributed by atoms with Gasteiger partial charge in [-0.25, -0.2) is 8.42 Å². The van der Waals surface area contributed by atoms with Gasteiger partial charge in [-0.1, -0.05) is 24.3 Å². The van der Waals surface area contributed by atoms with Gasteiger partial charge in [-0.15, -0.1) is 0 Å². The first kappa shape index (κ1) is 26.6. The zero-order chi connectivity index (χ0) is 26.8. The van der Waals surface area contributed by atoms with Crippen LogP contribution in [0.3, 0.4) is 0 Å². The van der Waals surface area contributed by atoms with E-state index in [0.29, 0.717) is 24.2 Å². The second-order valence-electron chi connectivity index (χ2n) is 10.3. The lowest BCUT2D eigenvalue weighted by molar-refractivity contribution is 0.142. The van der Waals surface area contributed by atoms with Crippen LogP contribution in [-0.4, -0.2) is 30.1 Å². The van der Waals surface area contributed by atoms with E-state index in [0.717, 1.165) is 22.6 Å². The van der Waals surface area contributed by atoms with E-state index in [1.165, 1.54) is 0 Å². The Bertz CT molecular complexity index is 1260. The first-order valence-corrected chi connectivity index (χ1v) is 14.1. The van der Waals surface area contributed by atoms with Gasteiger partial charge in [-0.2, -0.15) is 0 Å². The summed E-state index contributed by atoms with van der Waals surface area (Å²) in [5, 5.41) is -1.29. The molecule has 7 heteroatoms. The Morgan fingerprint density at radius 2 is 1.05 bits per heavy atom. The maximum Gasteiger partial charge on any atom is 0.163 e. The lowest BCUT2D eigenvalue weighted by Crippen LogP contribution is -2.36. The van der Waals surface area contributed by atoms with Crippen molar-refractivity contribution in [1.29, 1.82) is 0 Å². The molecule has 4 unspecified atom stereocenters. The summed E-state index contributed by atoms with van der Waals surface area (Å²) >= 11 is 0. The van der Waals surface area contributed by atoms with Gasteiger partial charge in [0.05, 0.1) is 10.5 Å². The number of allylic oxidation sites excluding steroid dienone is 2. The van der Waals surface area contributed by atoms with Crippen LogP contribution in [0.5, 0.6) is 11.5 Å². The molecule has 2 aliphatic carbocycles. The molecule has 0 fully saturated rings. The molecule has 0 heterocycles. The molecule has 0 radical (unpaired) electrons. The molecular formula is C30H36N2O4S. The highest BCUT2D eigenvalue weighted by molar-refractivity contribution is 7.93. The number of hydrogen-bond acceptors (Lipinski definition) is 6. The molecule has 0 aliphatic heterocycles. The van der Waals surface area contributed by atoms with Crippen molar-refractivity contribution >= 4 is 21.2 Å². The second kappa shape index (κ2) is 10.1. The van der Waals surface area contributed by atoms with Crippen LogP contribution in [-0.2, 0) is 9.84 Å². The number of anilines is 2. The molecule has 4 N–H and O–H groups in total. The molecule has 6 nitrogen and oxygen atoms in total. The molecule has 0 amide bonds. The van der Waals surface area contributed by atoms with Crippen molar-refractivity contribution in [2.24, 2.45) is 0 Å². The van der Waals surface area contributed by atoms with Crippen molar-refractivity contribution in [3.05, 3.63) is 96.1 Å². The predicted octanol–water partition coefficient (Wildman–Crippen LogP) is 5.79. The summed E-state index contributed by atoms with van der Waals surface area (Å²) in [6.07, 6.45) is 12.7. The summed E-state index contributed by atoms with van der Waals surface area (Å²) in [5.74, 6) is 1.44. The van der Waals surface area contributed by atoms with Gasteiger partial charge < -0.3 is 20.9 Å². The number of benzene rings is 2. The number of hydrogen-bond donors (Lipinski definition) is 2. The number of nitrogens with two attached hydrogens (primary N) is 2. The van der Waals surface area contributed by atoms with Gasteiger partial charge in [0.2, 0.25) is 0 Å². The van der Waals surface area contributed by atoms with E-state index in [1.807, 2.05) is 74.6 Å². The zero-order valence-electron chi connectivity index (χ0n) is 21.8. The topological polar surface area (TPSA) is 105 Å². The summed E-state index contributed by atoms with van der Waals surface area (Å²) in [6.45, 7) is 7.48. The molecule has 0 saturated heterocycles. The molecule has 0 spiro atoms. The van der Waals surface area contributed by atoms with E-state index >= 15 is 0 Å². The van der Waals surface area contributed by atoms with Gasteiger partial charge in [-0.3, -0.25) is 0 Å². The van der Waals surface area contributed by atoms with Crippen molar-refractivity contribution in [3.63, 3.8) is 0 Å². The Morgan fingerprint density at radius 1 is 0.703 bits per heavy atom. The highest BCUT2D eigenvalue weighted by Crippen LogP contribution is 2.34. The summed E-state index contributed by atoms with van der Waals surface area (Å²) in [7, 11) is -3.49. The Balaban J connectivity index is 1.40. The lowest BCUT2D eigenvalue weighted by atomic mass is 9.92. The smallest absolute Gasteiger partial charge is 0.163 e. The maximum atomic E-state index is 13.6. The Morgan fingerprint density at radius 3 is 1.35 bits per heavy atom. The van der Waals surface area contributed by atoms with Crippen molar-refractivity contribution in [1.82, 2.24) is 0 Å². The van der Waals surface area contributed by atoms with Crippen LogP contribution >= 0.6 is 0 Å². The molecule has 0 saturated carbocycles. The second-order valence-corrected chi connectivity index (χ2v) is 12.9. The third-order valence-corrected chi connectivity index (χ3v) is 9.65. The predicted molar refractivity (Wildman–Crippen MR) is 151 cm³/mol. The number of ether oxygens (including phenoxy) is 2. The number of nitrogen functional groups attached to an aromatic ring is 2. The van der Waals surface area contributed by atoms with Gasteiger partial charge in [0, 0.05) is 24.2 Å². The van der Waals surface area contributed by atoms with E-state index in [-0.39, 0.29) is 0 Å². The van der Waals surface area contributed by atoms with Crippen molar-refractivity contribution in [2.45, 2.75) is 62.2 Å². The van der Waals surface area contributed by atoms with Gasteiger partial charge in [0.15, 0.2) is 9.84 Å². The molecule has 37 heavy (non-hydrogen) atoms. The molecule has 2 aromatic carbocycles. The molecule has 2 aliphatic rings. The van der Waals surface area contributed by atoms with Crippen molar-refractivity contribution < 1.29 is 17.9 Å². The van der Waals surface area contributed by atoms with Crippen molar-refractivity contribution in [2.75, 3.05) is 11.5 Å². The number of rotatable bonds is 8. The van der Waals surface area contributed by atoms with Gasteiger partial charge in [-0.05, 0) is 99.5 Å². The summed E-state index contributed by atoms with van der Waals surface area (Å²) < 4.78 is 39.4. The van der Waals surface area contributed by atoms with Crippen molar-refractivity contribution in [3.8, 4) is 11.5 Å². The fourth-order valence-electron chi connectivity index (χ4n) is 4.51. The van der Waals surface area contributed by atoms with Gasteiger partial charge in [0.1, 0.15) is 22.7 Å². The maximum absolute atomic E-state index is 13.6. The van der Waals surface area contributed by atoms with Crippen LogP contribution in [0.15, 0.2) is 96.1 Å². The van der Waals surface area contributed by atoms with Crippen LogP contribution < -0.4 is 20.9 Å². The third-order valence-electron chi connectivity index (χ3n) is 7.13. The SMILES string of the molecule is CC(C1=CCC(C)(Oc2ccc(N)cc2)C=C1)S(=O)(=O)C(C)C1=CCC(C)(Oc2ccc(N)cc2)C=C1. The van der Waals surface area contributed by atoms with Crippen LogP contribution in [0.1, 0.15) is 40.5 Å². The molecule has 196 valence electrons. The standard InChI is InChI=1S/C30H36N2O4S/c1-21(23-13-17-29(3,18-14-23)35-27-9-5-25(31)6-10-27)37(33,34)22(2)24-15-19-30(4,20-16-24)36-28-11-7-26(32)8-12-28/h5-17,19,21-22H,18,20,31-32H2,1-4H3. The minimum Gasteiger partial charge on any atom is -0.483 e. The molecule has 2 aromatic rings. The van der Waals surface area contributed by atoms with Gasteiger partial charge in [0.25, 0.3) is 0 Å². The quantitative estimate of drug-likeness (QED) is 0.427. The van der Waals surface area contributed by atoms with Crippen LogP contribution in [0, 0.1) is 0 Å². The Kier molecular flexibility index (Phi) is 7.29. The first-order valence-electron chi connectivity index (χ1n) is 12.5. The highest BCUT2D eigenvalue weighted by atomic mass is 32.2. The fourth-order valence-corrected chi connectivity index (χ4v) is 6.23.